The molecule has 1 N–H and O–H groups in total. The van der Waals surface area contributed by atoms with Crippen LogP contribution in [0.2, 0.25) is 0 Å². The van der Waals surface area contributed by atoms with Crippen molar-refractivity contribution in [2.75, 3.05) is 0 Å². The van der Waals surface area contributed by atoms with Gasteiger partial charge in [-0.15, -0.1) is 0 Å². The first-order chi connectivity index (χ1) is 5.61. The van der Waals surface area contributed by atoms with Gasteiger partial charge in [0.25, 0.3) is 0 Å². The van der Waals surface area contributed by atoms with Gasteiger partial charge >= 0.3 is 11.9 Å². The minimum atomic E-state index is -0.899. The quantitative estimate of drug-likeness (QED) is 0.623. The van der Waals surface area contributed by atoms with Crippen molar-refractivity contribution in [1.29, 1.82) is 0 Å². The van der Waals surface area contributed by atoms with Gasteiger partial charge in [0.05, 0.1) is 18.1 Å². The summed E-state index contributed by atoms with van der Waals surface area (Å²) in [5.74, 6) is -1.69. The van der Waals surface area contributed by atoms with Gasteiger partial charge in [0.2, 0.25) is 0 Å². The summed E-state index contributed by atoms with van der Waals surface area (Å²) in [5.41, 5.74) is 0.516. The Balaban J connectivity index is 2.44. The van der Waals surface area contributed by atoms with E-state index >= 15 is 0 Å². The summed E-state index contributed by atoms with van der Waals surface area (Å²) in [7, 11) is 0. The zero-order valence-corrected chi connectivity index (χ0v) is 6.61. The van der Waals surface area contributed by atoms with Crippen LogP contribution in [0, 0.1) is 5.92 Å². The molecular weight excluding hydrogens is 162 g/mol. The lowest BCUT2D eigenvalue weighted by Crippen LogP contribution is -2.15. The number of carboxylic acid groups (broad SMARTS) is 1. The number of hydrogen-bond donors (Lipinski definition) is 1. The van der Waals surface area contributed by atoms with Gasteiger partial charge in [-0.25, -0.2) is 4.79 Å². The number of carbonyl (C=O) groups is 2. The smallest absolute Gasteiger partial charge is 0.343 e. The van der Waals surface area contributed by atoms with E-state index < -0.39 is 11.9 Å². The van der Waals surface area contributed by atoms with Crippen molar-refractivity contribution in [1.82, 2.24) is 0 Å². The van der Waals surface area contributed by atoms with Crippen LogP contribution in [0.5, 0.6) is 0 Å². The highest BCUT2D eigenvalue weighted by Gasteiger charge is 2.27. The molecule has 66 valence electrons. The topological polar surface area (TPSA) is 76.0 Å². The minimum Gasteiger partial charge on any atom is -0.481 e. The molecule has 0 aromatic carbocycles. The molecular formula is C7H9NO4. The summed E-state index contributed by atoms with van der Waals surface area (Å²) in [6, 6.07) is 0. The van der Waals surface area contributed by atoms with Crippen LogP contribution in [0.15, 0.2) is 5.16 Å². The van der Waals surface area contributed by atoms with Crippen LogP contribution in [0.1, 0.15) is 19.8 Å². The number of carbonyl (C=O) groups excluding carboxylic acids is 1. The number of carboxylic acids is 1. The molecule has 0 amide bonds. The molecule has 1 aliphatic heterocycles. The van der Waals surface area contributed by atoms with Gasteiger partial charge in [0.1, 0.15) is 0 Å². The third kappa shape index (κ3) is 1.81. The second-order valence-electron chi connectivity index (χ2n) is 2.61. The Morgan fingerprint density at radius 1 is 1.75 bits per heavy atom. The van der Waals surface area contributed by atoms with E-state index in [2.05, 4.69) is 9.99 Å². The van der Waals surface area contributed by atoms with Crippen molar-refractivity contribution in [3.8, 4) is 0 Å². The van der Waals surface area contributed by atoms with Crippen LogP contribution in [-0.2, 0) is 14.4 Å². The Kier molecular flexibility index (Phi) is 2.42. The van der Waals surface area contributed by atoms with Crippen LogP contribution >= 0.6 is 0 Å². The average Bonchev–Trinajstić information content (AvgIpc) is 2.30. The standard InChI is InChI=1S/C7H9NO4/c1-4-5(2-3-6(9)10)8-12-7(4)11/h4H,2-3H2,1H3,(H,9,10). The molecule has 0 aromatic rings. The molecule has 5 nitrogen and oxygen atoms in total. The highest BCUT2D eigenvalue weighted by atomic mass is 16.7. The largest absolute Gasteiger partial charge is 0.481 e. The summed E-state index contributed by atoms with van der Waals surface area (Å²) in [6.45, 7) is 1.65. The van der Waals surface area contributed by atoms with Crippen LogP contribution in [0.25, 0.3) is 0 Å². The molecule has 0 aliphatic carbocycles. The van der Waals surface area contributed by atoms with Crippen LogP contribution in [0.3, 0.4) is 0 Å². The molecule has 1 rings (SSSR count). The maximum atomic E-state index is 10.7. The van der Waals surface area contributed by atoms with Gasteiger partial charge in [-0.2, -0.15) is 0 Å². The van der Waals surface area contributed by atoms with Gasteiger partial charge in [-0.3, -0.25) is 4.79 Å². The van der Waals surface area contributed by atoms with E-state index in [1.165, 1.54) is 0 Å². The predicted octanol–water partition coefficient (Wildman–Crippen LogP) is 0.400. The van der Waals surface area contributed by atoms with Crippen molar-refractivity contribution in [2.24, 2.45) is 11.1 Å². The van der Waals surface area contributed by atoms with Gasteiger partial charge < -0.3 is 9.94 Å². The lowest BCUT2D eigenvalue weighted by Gasteiger charge is -1.98. The maximum Gasteiger partial charge on any atom is 0.343 e. The number of rotatable bonds is 3. The number of oxime groups is 1. The molecule has 0 bridgehead atoms. The molecule has 0 aromatic heterocycles. The van der Waals surface area contributed by atoms with E-state index in [9.17, 15) is 9.59 Å². The summed E-state index contributed by atoms with van der Waals surface area (Å²) >= 11 is 0. The number of nitrogens with zero attached hydrogens (tertiary/aromatic N) is 1. The molecule has 1 heterocycles. The van der Waals surface area contributed by atoms with Crippen molar-refractivity contribution in [3.05, 3.63) is 0 Å². The zero-order valence-electron chi connectivity index (χ0n) is 6.61. The lowest BCUT2D eigenvalue weighted by atomic mass is 10.0. The summed E-state index contributed by atoms with van der Waals surface area (Å²) in [5, 5.41) is 11.8. The highest BCUT2D eigenvalue weighted by Crippen LogP contribution is 2.14. The Bertz CT molecular complexity index is 246. The Hall–Kier alpha value is -1.39. The van der Waals surface area contributed by atoms with Gasteiger partial charge in [0.15, 0.2) is 0 Å². The fourth-order valence-electron chi connectivity index (χ4n) is 0.895. The SMILES string of the molecule is CC1C(=O)ON=C1CCC(=O)O. The molecule has 0 fully saturated rings. The molecule has 0 spiro atoms. The molecule has 0 radical (unpaired) electrons. The van der Waals surface area contributed by atoms with Crippen molar-refractivity contribution in [3.63, 3.8) is 0 Å². The van der Waals surface area contributed by atoms with Crippen LogP contribution < -0.4 is 0 Å². The first kappa shape index (κ1) is 8.70. The molecule has 1 unspecified atom stereocenters. The maximum absolute atomic E-state index is 10.7. The third-order valence-corrected chi connectivity index (χ3v) is 1.70. The Morgan fingerprint density at radius 3 is 2.83 bits per heavy atom. The molecule has 1 aliphatic rings. The number of aliphatic carboxylic acids is 1. The zero-order chi connectivity index (χ0) is 9.14. The monoisotopic (exact) mass is 171 g/mol. The van der Waals surface area contributed by atoms with E-state index in [0.717, 1.165) is 0 Å². The predicted molar refractivity (Wildman–Crippen MR) is 39.6 cm³/mol. The van der Waals surface area contributed by atoms with Crippen LogP contribution in [0.4, 0.5) is 0 Å². The Morgan fingerprint density at radius 2 is 2.42 bits per heavy atom. The van der Waals surface area contributed by atoms with Crippen molar-refractivity contribution < 1.29 is 19.5 Å². The van der Waals surface area contributed by atoms with E-state index in [0.29, 0.717) is 5.71 Å². The minimum absolute atomic E-state index is 0.0141. The van der Waals surface area contributed by atoms with E-state index in [1.54, 1.807) is 6.92 Å². The van der Waals surface area contributed by atoms with E-state index in [1.807, 2.05) is 0 Å². The van der Waals surface area contributed by atoms with Crippen molar-refractivity contribution >= 4 is 17.7 Å². The summed E-state index contributed by atoms with van der Waals surface area (Å²) < 4.78 is 0. The molecule has 5 heteroatoms. The molecule has 0 saturated carbocycles. The van der Waals surface area contributed by atoms with E-state index in [4.69, 9.17) is 5.11 Å². The first-order valence-corrected chi connectivity index (χ1v) is 3.60. The second-order valence-corrected chi connectivity index (χ2v) is 2.61. The van der Waals surface area contributed by atoms with Crippen LogP contribution in [-0.4, -0.2) is 22.8 Å². The van der Waals surface area contributed by atoms with Gasteiger partial charge in [-0.05, 0) is 6.92 Å². The Labute approximate surface area is 69.0 Å². The summed E-state index contributed by atoms with van der Waals surface area (Å²) in [4.78, 5) is 25.3. The molecule has 1 atom stereocenters. The van der Waals surface area contributed by atoms with Gasteiger partial charge in [0, 0.05) is 6.42 Å². The third-order valence-electron chi connectivity index (χ3n) is 1.70. The molecule has 0 saturated heterocycles. The molecule has 12 heavy (non-hydrogen) atoms. The van der Waals surface area contributed by atoms with E-state index in [-0.39, 0.29) is 18.8 Å². The second kappa shape index (κ2) is 3.34. The average molecular weight is 171 g/mol. The summed E-state index contributed by atoms with van der Waals surface area (Å²) in [6.07, 6.45) is 0.266. The normalized spacial score (nSPS) is 21.9. The van der Waals surface area contributed by atoms with Crippen molar-refractivity contribution in [2.45, 2.75) is 19.8 Å². The lowest BCUT2D eigenvalue weighted by molar-refractivity contribution is -0.143. The van der Waals surface area contributed by atoms with Gasteiger partial charge in [-0.1, -0.05) is 5.16 Å². The number of hydrogen-bond acceptors (Lipinski definition) is 4. The highest BCUT2D eigenvalue weighted by molar-refractivity contribution is 6.05. The fraction of sp³-hybridized carbons (Fsp3) is 0.571. The fourth-order valence-corrected chi connectivity index (χ4v) is 0.895. The first-order valence-electron chi connectivity index (χ1n) is 3.60.